The van der Waals surface area contributed by atoms with Gasteiger partial charge in [-0.1, -0.05) is 11.2 Å². The lowest BCUT2D eigenvalue weighted by Crippen LogP contribution is -2.36. The second-order valence-corrected chi connectivity index (χ2v) is 16.4. The minimum atomic E-state index is -2.72. The monoisotopic (exact) mass is 623 g/mol. The molecule has 1 aliphatic rings. The van der Waals surface area contributed by atoms with Gasteiger partial charge in [0, 0.05) is 48.1 Å². The van der Waals surface area contributed by atoms with Crippen LogP contribution in [-0.4, -0.2) is 93.4 Å². The van der Waals surface area contributed by atoms with Crippen molar-refractivity contribution in [1.82, 2.24) is 4.90 Å². The number of benzene rings is 2. The van der Waals surface area contributed by atoms with Gasteiger partial charge in [-0.25, -0.2) is 0 Å². The third-order valence-corrected chi connectivity index (χ3v) is 11.5. The second kappa shape index (κ2) is 15.3. The second-order valence-electron chi connectivity index (χ2n) is 9.67. The molecule has 0 aromatic heterocycles. The normalized spacial score (nSPS) is 16.9. The van der Waals surface area contributed by atoms with Crippen LogP contribution in [-0.2, 0) is 25.2 Å². The number of primary amides is 1. The molecule has 0 spiro atoms. The number of rotatable bonds is 16. The highest BCUT2D eigenvalue weighted by Gasteiger charge is 2.29. The molecule has 3 N–H and O–H groups in total. The van der Waals surface area contributed by atoms with E-state index in [4.69, 9.17) is 41.3 Å². The zero-order chi connectivity index (χ0) is 30.0. The smallest absolute Gasteiger partial charge is 0.254 e. The number of ether oxygens (including phenoxy) is 4. The molecule has 2 unspecified atom stereocenters. The molecule has 10 nitrogen and oxygen atoms in total. The first kappa shape index (κ1) is 32.6. The van der Waals surface area contributed by atoms with Crippen LogP contribution in [0.15, 0.2) is 36.4 Å². The molecular weight excluding hydrogens is 585 g/mol. The molecule has 0 aliphatic carbocycles. The molecule has 0 radical (unpaired) electrons. The Labute approximate surface area is 248 Å². The van der Waals surface area contributed by atoms with Gasteiger partial charge >= 0.3 is 0 Å². The predicted octanol–water partition coefficient (Wildman–Crippen LogP) is 3.59. The lowest BCUT2D eigenvalue weighted by molar-refractivity contribution is 0.0771. The predicted molar refractivity (Wildman–Crippen MR) is 166 cm³/mol. The lowest BCUT2D eigenvalue weighted by Gasteiger charge is -2.22. The third-order valence-electron chi connectivity index (χ3n) is 6.91. The number of methoxy groups -OCH3 is 2. The number of nitrogens with two attached hydrogens (primary N) is 1. The summed E-state index contributed by atoms with van der Waals surface area (Å²) in [5.74, 6) is 1.60. The number of carbonyl (C=O) groups excluding carboxylic acids is 2. The van der Waals surface area contributed by atoms with E-state index in [1.807, 2.05) is 6.26 Å². The summed E-state index contributed by atoms with van der Waals surface area (Å²) in [6.45, 7) is 0.994. The van der Waals surface area contributed by atoms with E-state index in [0.29, 0.717) is 64.9 Å². The lowest BCUT2D eigenvalue weighted by atomic mass is 10.1. The van der Waals surface area contributed by atoms with E-state index >= 15 is 0 Å². The molecule has 1 fully saturated rings. The minimum absolute atomic E-state index is 0.148. The van der Waals surface area contributed by atoms with E-state index in [-0.39, 0.29) is 34.6 Å². The summed E-state index contributed by atoms with van der Waals surface area (Å²) in [7, 11) is -0.0212. The summed E-state index contributed by atoms with van der Waals surface area (Å²) < 4.78 is 36.6. The minimum Gasteiger partial charge on any atom is -0.493 e. The topological polar surface area (TPSA) is 141 Å². The van der Waals surface area contributed by atoms with Gasteiger partial charge in [0.2, 0.25) is 5.91 Å². The van der Waals surface area contributed by atoms with E-state index < -0.39 is 13.0 Å². The van der Waals surface area contributed by atoms with Gasteiger partial charge in [-0.15, -0.1) is 9.45 Å². The molecule has 41 heavy (non-hydrogen) atoms. The molecule has 2 aromatic carbocycles. The van der Waals surface area contributed by atoms with Crippen LogP contribution in [0.4, 0.5) is 0 Å². The number of carbonyl (C=O) groups is 2. The van der Waals surface area contributed by atoms with Crippen molar-refractivity contribution in [2.45, 2.75) is 18.9 Å². The van der Waals surface area contributed by atoms with Crippen LogP contribution in [0.1, 0.15) is 33.6 Å². The van der Waals surface area contributed by atoms with Crippen molar-refractivity contribution in [3.8, 4) is 23.0 Å². The van der Waals surface area contributed by atoms with Gasteiger partial charge in [-0.05, 0) is 55.5 Å². The summed E-state index contributed by atoms with van der Waals surface area (Å²) in [5, 5.41) is 7.58. The van der Waals surface area contributed by atoms with E-state index in [0.717, 1.165) is 12.8 Å². The van der Waals surface area contributed by atoms with Crippen LogP contribution in [0.5, 0.6) is 23.0 Å². The zero-order valence-corrected chi connectivity index (χ0v) is 26.2. The van der Waals surface area contributed by atoms with E-state index in [9.17, 15) is 14.2 Å². The molecule has 1 saturated heterocycles. The van der Waals surface area contributed by atoms with Crippen molar-refractivity contribution < 1.29 is 33.1 Å². The van der Waals surface area contributed by atoms with Crippen LogP contribution >= 0.6 is 7.14 Å². The SMILES string of the molecule is COc1cc(C(N)=O)ccc1OCCP(=O)(CCOc1ccc(C(=O)N2CCC[C@H]2C=N)cc1OC)CCS(C)=S. The first-order valence-corrected chi connectivity index (χ1v) is 18.2. The summed E-state index contributed by atoms with van der Waals surface area (Å²) in [5.41, 5.74) is 6.11. The fourth-order valence-electron chi connectivity index (χ4n) is 4.52. The highest BCUT2D eigenvalue weighted by Crippen LogP contribution is 2.45. The van der Waals surface area contributed by atoms with Gasteiger partial charge < -0.3 is 39.6 Å². The van der Waals surface area contributed by atoms with Gasteiger partial charge in [0.1, 0.15) is 0 Å². The largest absolute Gasteiger partial charge is 0.493 e. The maximum absolute atomic E-state index is 13.9. The Bertz CT molecular complexity index is 1320. The standard InChI is InChI=1S/C28H38N3O7PS2/c1-35-25-17-20(27(30)32)6-8-23(25)37-11-13-39(34,15-16-41(3)40)14-12-38-24-9-7-21(18-26(24)36-2)28(33)31-10-4-5-22(31)19-29/h6-9,17-19,22,29H,4-5,10-16H2,1-3H3,(H2,30,32)/t22-,39?,41?/m0/s1. The molecular formula is C28H38N3O7PS2. The average Bonchev–Trinajstić information content (AvgIpc) is 3.45. The molecule has 3 rings (SSSR count). The Morgan fingerprint density at radius 3 is 2.10 bits per heavy atom. The molecule has 13 heteroatoms. The third kappa shape index (κ3) is 9.02. The van der Waals surface area contributed by atoms with Gasteiger partial charge in [0.05, 0.1) is 40.6 Å². The zero-order valence-electron chi connectivity index (χ0n) is 23.6. The molecule has 224 valence electrons. The molecule has 1 aliphatic heterocycles. The molecule has 1 heterocycles. The van der Waals surface area contributed by atoms with E-state index in [2.05, 4.69) is 0 Å². The van der Waals surface area contributed by atoms with Crippen molar-refractivity contribution in [2.75, 3.05) is 64.5 Å². The molecule has 3 atom stereocenters. The highest BCUT2D eigenvalue weighted by molar-refractivity contribution is 8.28. The van der Waals surface area contributed by atoms with Crippen LogP contribution in [0, 0.1) is 5.41 Å². The molecule has 0 saturated carbocycles. The van der Waals surface area contributed by atoms with E-state index in [1.54, 1.807) is 35.2 Å². The summed E-state index contributed by atoms with van der Waals surface area (Å²) in [6, 6.07) is 9.49. The van der Waals surface area contributed by atoms with E-state index in [1.165, 1.54) is 26.5 Å². The fraction of sp³-hybridized carbons (Fsp3) is 0.464. The van der Waals surface area contributed by atoms with Gasteiger partial charge in [-0.3, -0.25) is 9.59 Å². The number of hydrogen-bond acceptors (Lipinski definition) is 9. The van der Waals surface area contributed by atoms with Crippen molar-refractivity contribution in [3.63, 3.8) is 0 Å². The number of nitrogens with zero attached hydrogens (tertiary/aromatic N) is 1. The highest BCUT2D eigenvalue weighted by atomic mass is 32.8. The Hall–Kier alpha value is -2.95. The number of hydrogen-bond donors (Lipinski definition) is 2. The average molecular weight is 624 g/mol. The Kier molecular flexibility index (Phi) is 12.2. The van der Waals surface area contributed by atoms with Crippen LogP contribution in [0.25, 0.3) is 0 Å². The Morgan fingerprint density at radius 2 is 1.59 bits per heavy atom. The Morgan fingerprint density at radius 1 is 1.02 bits per heavy atom. The fourth-order valence-corrected chi connectivity index (χ4v) is 9.07. The van der Waals surface area contributed by atoms with Crippen molar-refractivity contribution in [3.05, 3.63) is 47.5 Å². The molecule has 2 amide bonds. The molecule has 0 bridgehead atoms. The van der Waals surface area contributed by atoms with Crippen molar-refractivity contribution in [1.29, 1.82) is 5.41 Å². The van der Waals surface area contributed by atoms with Crippen molar-refractivity contribution in [2.24, 2.45) is 5.73 Å². The number of amides is 2. The molecule has 2 aromatic rings. The first-order valence-electron chi connectivity index (χ1n) is 13.2. The van der Waals surface area contributed by atoms with Crippen LogP contribution in [0.2, 0.25) is 0 Å². The van der Waals surface area contributed by atoms with Gasteiger partial charge in [-0.2, -0.15) is 0 Å². The quantitative estimate of drug-likeness (QED) is 0.214. The first-order chi connectivity index (χ1) is 19.6. The summed E-state index contributed by atoms with van der Waals surface area (Å²) in [4.78, 5) is 26.2. The van der Waals surface area contributed by atoms with Crippen LogP contribution in [0.3, 0.4) is 0 Å². The Balaban J connectivity index is 1.64. The number of nitrogens with one attached hydrogen (secondary N) is 1. The maximum atomic E-state index is 13.9. The van der Waals surface area contributed by atoms with Crippen molar-refractivity contribution >= 4 is 45.8 Å². The number of likely N-dealkylation sites (tertiary alicyclic amines) is 1. The van der Waals surface area contributed by atoms with Gasteiger partial charge in [0.15, 0.2) is 23.0 Å². The maximum Gasteiger partial charge on any atom is 0.254 e. The van der Waals surface area contributed by atoms with Crippen LogP contribution < -0.4 is 24.7 Å². The summed E-state index contributed by atoms with van der Waals surface area (Å²) in [6.07, 6.45) is 6.03. The van der Waals surface area contributed by atoms with Gasteiger partial charge in [0.25, 0.3) is 5.91 Å². The summed E-state index contributed by atoms with van der Waals surface area (Å²) >= 11 is 5.34.